The number of carbonyl (C=O) groups excluding carboxylic acids is 1. The summed E-state index contributed by atoms with van der Waals surface area (Å²) < 4.78 is 0. The van der Waals surface area contributed by atoms with Crippen LogP contribution in [0.4, 0.5) is 0 Å². The number of aromatic nitrogens is 2. The number of rotatable bonds is 1. The van der Waals surface area contributed by atoms with Gasteiger partial charge in [-0.25, -0.2) is 0 Å². The summed E-state index contributed by atoms with van der Waals surface area (Å²) in [5, 5.41) is 9.84. The number of nitrogens with one attached hydrogen (secondary N) is 2. The maximum absolute atomic E-state index is 12.0. The van der Waals surface area contributed by atoms with Crippen molar-refractivity contribution in [2.75, 3.05) is 13.1 Å². The monoisotopic (exact) mass is 244 g/mol. The van der Waals surface area contributed by atoms with Gasteiger partial charge in [0.1, 0.15) is 5.69 Å². The molecule has 90 valence electrons. The summed E-state index contributed by atoms with van der Waals surface area (Å²) in [5.74, 6) is 0.0355. The van der Waals surface area contributed by atoms with Crippen molar-refractivity contribution in [1.82, 2.24) is 20.4 Å². The molecule has 5 nitrogen and oxygen atoms in total. The Morgan fingerprint density at radius 2 is 2.31 bits per heavy atom. The summed E-state index contributed by atoms with van der Waals surface area (Å²) in [7, 11) is 0. The second kappa shape index (κ2) is 5.32. The molecule has 2 rings (SSSR count). The second-order valence-electron chi connectivity index (χ2n) is 3.95. The maximum Gasteiger partial charge on any atom is 0.272 e. The number of piperazine rings is 1. The van der Waals surface area contributed by atoms with E-state index in [2.05, 4.69) is 29.4 Å². The van der Waals surface area contributed by atoms with Crippen LogP contribution >= 0.6 is 12.4 Å². The first-order valence-corrected chi connectivity index (χ1v) is 5.24. The molecule has 0 saturated carbocycles. The molecule has 0 aliphatic carbocycles. The number of H-pyrrole nitrogens is 1. The van der Waals surface area contributed by atoms with Crippen LogP contribution in [0.5, 0.6) is 0 Å². The van der Waals surface area contributed by atoms with Gasteiger partial charge in [0.15, 0.2) is 0 Å². The summed E-state index contributed by atoms with van der Waals surface area (Å²) in [6.45, 7) is 5.76. The largest absolute Gasteiger partial charge is 0.332 e. The van der Waals surface area contributed by atoms with Crippen LogP contribution in [0.25, 0.3) is 0 Å². The predicted octanol–water partition coefficient (Wildman–Crippen LogP) is 0.654. The minimum Gasteiger partial charge on any atom is -0.332 e. The molecular weight excluding hydrogens is 228 g/mol. The van der Waals surface area contributed by atoms with Gasteiger partial charge in [-0.05, 0) is 19.9 Å². The zero-order valence-electron chi connectivity index (χ0n) is 9.43. The molecule has 1 aromatic heterocycles. The van der Waals surface area contributed by atoms with E-state index in [1.54, 1.807) is 12.3 Å². The topological polar surface area (TPSA) is 61.0 Å². The van der Waals surface area contributed by atoms with Gasteiger partial charge in [0, 0.05) is 31.4 Å². The normalized spacial score (nSPS) is 25.0. The van der Waals surface area contributed by atoms with Gasteiger partial charge in [-0.3, -0.25) is 9.89 Å². The molecule has 0 spiro atoms. The van der Waals surface area contributed by atoms with Gasteiger partial charge >= 0.3 is 0 Å². The van der Waals surface area contributed by atoms with E-state index in [-0.39, 0.29) is 24.4 Å². The van der Waals surface area contributed by atoms with Crippen molar-refractivity contribution in [3.8, 4) is 0 Å². The number of nitrogens with zero attached hydrogens (tertiary/aromatic N) is 2. The predicted molar refractivity (Wildman–Crippen MR) is 63.8 cm³/mol. The maximum atomic E-state index is 12.0. The Kier molecular flexibility index (Phi) is 4.32. The summed E-state index contributed by atoms with van der Waals surface area (Å²) in [5.41, 5.74) is 0.566. The molecule has 1 aromatic rings. The lowest BCUT2D eigenvalue weighted by atomic mass is 10.1. The number of aromatic amines is 1. The minimum atomic E-state index is 0. The third-order valence-electron chi connectivity index (χ3n) is 3.03. The molecule has 2 atom stereocenters. The van der Waals surface area contributed by atoms with Crippen LogP contribution in [-0.2, 0) is 0 Å². The zero-order chi connectivity index (χ0) is 10.8. The first-order chi connectivity index (χ1) is 7.20. The van der Waals surface area contributed by atoms with Crippen LogP contribution in [-0.4, -0.2) is 46.2 Å². The van der Waals surface area contributed by atoms with Crippen molar-refractivity contribution >= 4 is 18.3 Å². The average molecular weight is 245 g/mol. The zero-order valence-corrected chi connectivity index (χ0v) is 10.3. The Bertz CT molecular complexity index is 341. The van der Waals surface area contributed by atoms with Gasteiger partial charge in [0.2, 0.25) is 0 Å². The Morgan fingerprint density at radius 3 is 2.94 bits per heavy atom. The Balaban J connectivity index is 0.00000128. The van der Waals surface area contributed by atoms with Gasteiger partial charge in [0.05, 0.1) is 0 Å². The average Bonchev–Trinajstić information content (AvgIpc) is 2.74. The molecule has 2 heterocycles. The highest BCUT2D eigenvalue weighted by atomic mass is 35.5. The minimum absolute atomic E-state index is 0. The molecule has 2 N–H and O–H groups in total. The Labute approximate surface area is 101 Å². The van der Waals surface area contributed by atoms with Crippen LogP contribution in [0.15, 0.2) is 12.3 Å². The summed E-state index contributed by atoms with van der Waals surface area (Å²) in [6, 6.07) is 2.27. The number of carbonyl (C=O) groups is 1. The van der Waals surface area contributed by atoms with Crippen molar-refractivity contribution < 1.29 is 4.79 Å². The number of hydrogen-bond donors (Lipinski definition) is 2. The SMILES string of the molecule is CC1NCCN(C(=O)c2ccn[nH]2)C1C.Cl. The third-order valence-corrected chi connectivity index (χ3v) is 3.03. The molecule has 0 aromatic carbocycles. The highest BCUT2D eigenvalue weighted by molar-refractivity contribution is 5.92. The molecule has 1 saturated heterocycles. The molecule has 1 fully saturated rings. The fourth-order valence-corrected chi connectivity index (χ4v) is 1.87. The van der Waals surface area contributed by atoms with Crippen LogP contribution in [0.1, 0.15) is 24.3 Å². The van der Waals surface area contributed by atoms with Gasteiger partial charge in [0.25, 0.3) is 5.91 Å². The lowest BCUT2D eigenvalue weighted by Gasteiger charge is -2.38. The van der Waals surface area contributed by atoms with Gasteiger partial charge in [-0.15, -0.1) is 12.4 Å². The van der Waals surface area contributed by atoms with Crippen molar-refractivity contribution in [3.63, 3.8) is 0 Å². The third kappa shape index (κ3) is 2.36. The molecule has 6 heteroatoms. The number of halogens is 1. The van der Waals surface area contributed by atoms with E-state index in [1.165, 1.54) is 0 Å². The molecular formula is C10H17ClN4O. The lowest BCUT2D eigenvalue weighted by Crippen LogP contribution is -2.57. The van der Waals surface area contributed by atoms with E-state index in [4.69, 9.17) is 0 Å². The van der Waals surface area contributed by atoms with Crippen LogP contribution in [0.2, 0.25) is 0 Å². The molecule has 16 heavy (non-hydrogen) atoms. The van der Waals surface area contributed by atoms with Crippen molar-refractivity contribution in [2.24, 2.45) is 0 Å². The fourth-order valence-electron chi connectivity index (χ4n) is 1.87. The van der Waals surface area contributed by atoms with Crippen molar-refractivity contribution in [3.05, 3.63) is 18.0 Å². The molecule has 1 amide bonds. The van der Waals surface area contributed by atoms with E-state index in [9.17, 15) is 4.79 Å². The van der Waals surface area contributed by atoms with Gasteiger partial charge in [-0.2, -0.15) is 5.10 Å². The number of amides is 1. The van der Waals surface area contributed by atoms with Crippen molar-refractivity contribution in [1.29, 1.82) is 0 Å². The Morgan fingerprint density at radius 1 is 1.56 bits per heavy atom. The summed E-state index contributed by atoms with van der Waals surface area (Å²) in [4.78, 5) is 13.9. The van der Waals surface area contributed by atoms with Gasteiger partial charge < -0.3 is 10.2 Å². The Hall–Kier alpha value is -1.07. The van der Waals surface area contributed by atoms with E-state index < -0.39 is 0 Å². The fraction of sp³-hybridized carbons (Fsp3) is 0.600. The standard InChI is InChI=1S/C10H16N4O.ClH/c1-7-8(2)14(6-5-11-7)10(15)9-3-4-12-13-9;/h3-4,7-8,11H,5-6H2,1-2H3,(H,12,13);1H. The summed E-state index contributed by atoms with van der Waals surface area (Å²) in [6.07, 6.45) is 1.60. The molecule has 1 aliphatic rings. The van der Waals surface area contributed by atoms with Crippen molar-refractivity contribution in [2.45, 2.75) is 25.9 Å². The van der Waals surface area contributed by atoms with E-state index in [0.717, 1.165) is 13.1 Å². The lowest BCUT2D eigenvalue weighted by molar-refractivity contribution is 0.0597. The van der Waals surface area contributed by atoms with E-state index >= 15 is 0 Å². The second-order valence-corrected chi connectivity index (χ2v) is 3.95. The molecule has 1 aliphatic heterocycles. The molecule has 0 bridgehead atoms. The van der Waals surface area contributed by atoms with E-state index in [0.29, 0.717) is 11.7 Å². The van der Waals surface area contributed by atoms with E-state index in [1.807, 2.05) is 4.90 Å². The quantitative estimate of drug-likeness (QED) is 0.763. The molecule has 0 radical (unpaired) electrons. The summed E-state index contributed by atoms with van der Waals surface area (Å²) >= 11 is 0. The number of hydrogen-bond acceptors (Lipinski definition) is 3. The highest BCUT2D eigenvalue weighted by Crippen LogP contribution is 2.12. The van der Waals surface area contributed by atoms with Crippen LogP contribution in [0.3, 0.4) is 0 Å². The smallest absolute Gasteiger partial charge is 0.272 e. The first kappa shape index (κ1) is 13.0. The van der Waals surface area contributed by atoms with Gasteiger partial charge in [-0.1, -0.05) is 0 Å². The van der Waals surface area contributed by atoms with Crippen LogP contribution in [0, 0.1) is 0 Å². The first-order valence-electron chi connectivity index (χ1n) is 5.24. The highest BCUT2D eigenvalue weighted by Gasteiger charge is 2.29. The molecule has 2 unspecified atom stereocenters. The van der Waals surface area contributed by atoms with Crippen LogP contribution < -0.4 is 5.32 Å².